The molecule has 21 heavy (non-hydrogen) atoms. The van der Waals surface area contributed by atoms with Gasteiger partial charge < -0.3 is 10.5 Å². The number of hydrogen-bond donors (Lipinski definition) is 1. The minimum absolute atomic E-state index is 0.0776. The summed E-state index contributed by atoms with van der Waals surface area (Å²) in [5, 5.41) is 0. The highest BCUT2D eigenvalue weighted by Gasteiger charge is 2.13. The second kappa shape index (κ2) is 7.48. The molecule has 4 heteroatoms. The predicted molar refractivity (Wildman–Crippen MR) is 89.1 cm³/mol. The van der Waals surface area contributed by atoms with Crippen molar-refractivity contribution in [2.24, 2.45) is 5.73 Å². The van der Waals surface area contributed by atoms with Gasteiger partial charge in [-0.15, -0.1) is 11.8 Å². The van der Waals surface area contributed by atoms with Crippen LogP contribution in [0.5, 0.6) is 5.75 Å². The predicted octanol–water partition coefficient (Wildman–Crippen LogP) is 3.37. The van der Waals surface area contributed by atoms with Crippen LogP contribution in [0.15, 0.2) is 41.4 Å². The third kappa shape index (κ3) is 4.22. The Morgan fingerprint density at radius 2 is 1.95 bits per heavy atom. The zero-order valence-corrected chi connectivity index (χ0v) is 13.6. The number of pyridine rings is 1. The first-order valence-corrected chi connectivity index (χ1v) is 8.03. The van der Waals surface area contributed by atoms with Crippen LogP contribution in [0.2, 0.25) is 0 Å². The lowest BCUT2D eigenvalue weighted by molar-refractivity contribution is 0.406. The lowest BCUT2D eigenvalue weighted by atomic mass is 10.1. The molecule has 0 aliphatic carbocycles. The summed E-state index contributed by atoms with van der Waals surface area (Å²) < 4.78 is 5.44. The second-order valence-corrected chi connectivity index (χ2v) is 6.23. The molecule has 0 aliphatic rings. The summed E-state index contributed by atoms with van der Waals surface area (Å²) >= 11 is 1.78. The van der Waals surface area contributed by atoms with E-state index in [1.54, 1.807) is 18.9 Å². The number of nitrogens with zero attached hydrogens (tertiary/aromatic N) is 1. The van der Waals surface area contributed by atoms with E-state index >= 15 is 0 Å². The van der Waals surface area contributed by atoms with Crippen LogP contribution in [0.3, 0.4) is 0 Å². The van der Waals surface area contributed by atoms with Crippen molar-refractivity contribution in [1.82, 2.24) is 4.98 Å². The van der Waals surface area contributed by atoms with E-state index < -0.39 is 0 Å². The highest BCUT2D eigenvalue weighted by molar-refractivity contribution is 7.99. The first-order chi connectivity index (χ1) is 10.1. The second-order valence-electron chi connectivity index (χ2n) is 5.13. The molecule has 2 N–H and O–H groups in total. The van der Waals surface area contributed by atoms with E-state index in [1.165, 1.54) is 4.90 Å². The van der Waals surface area contributed by atoms with Crippen molar-refractivity contribution in [2.45, 2.75) is 31.2 Å². The largest absolute Gasteiger partial charge is 0.496 e. The minimum Gasteiger partial charge on any atom is -0.496 e. The molecule has 2 aromatic rings. The molecule has 0 bridgehead atoms. The third-order valence-corrected chi connectivity index (χ3v) is 4.61. The smallest absolute Gasteiger partial charge is 0.128 e. The number of benzene rings is 1. The van der Waals surface area contributed by atoms with Crippen molar-refractivity contribution >= 4 is 11.8 Å². The number of aromatic nitrogens is 1. The lowest BCUT2D eigenvalue weighted by Gasteiger charge is -2.15. The number of rotatable bonds is 6. The standard InChI is InChI=1S/C17H22N2OS/c1-12-10-19-16(13(2)17(12)20-3)9-14(18)11-21-15-7-5-4-6-8-15/h4-8,10,14H,9,11,18H2,1-3H3. The highest BCUT2D eigenvalue weighted by Crippen LogP contribution is 2.25. The summed E-state index contributed by atoms with van der Waals surface area (Å²) in [6, 6.07) is 10.4. The molecule has 2 rings (SSSR count). The number of hydrogen-bond acceptors (Lipinski definition) is 4. The molecule has 0 saturated carbocycles. The Labute approximate surface area is 130 Å². The maximum atomic E-state index is 6.25. The summed E-state index contributed by atoms with van der Waals surface area (Å²) in [7, 11) is 1.70. The molecular weight excluding hydrogens is 280 g/mol. The van der Waals surface area contributed by atoms with Gasteiger partial charge in [-0.05, 0) is 26.0 Å². The normalized spacial score (nSPS) is 12.2. The maximum Gasteiger partial charge on any atom is 0.128 e. The van der Waals surface area contributed by atoms with Gasteiger partial charge in [0.15, 0.2) is 0 Å². The van der Waals surface area contributed by atoms with Crippen LogP contribution in [-0.2, 0) is 6.42 Å². The van der Waals surface area contributed by atoms with Gasteiger partial charge in [-0.1, -0.05) is 18.2 Å². The van der Waals surface area contributed by atoms with Crippen molar-refractivity contribution in [1.29, 1.82) is 0 Å². The summed E-state index contributed by atoms with van der Waals surface area (Å²) in [6.45, 7) is 4.05. The summed E-state index contributed by atoms with van der Waals surface area (Å²) in [4.78, 5) is 5.76. The van der Waals surface area contributed by atoms with E-state index in [9.17, 15) is 0 Å². The van der Waals surface area contributed by atoms with Gasteiger partial charge in [0.1, 0.15) is 5.75 Å². The molecule has 0 radical (unpaired) electrons. The van der Waals surface area contributed by atoms with Crippen LogP contribution in [0, 0.1) is 13.8 Å². The molecule has 112 valence electrons. The quantitative estimate of drug-likeness (QED) is 0.831. The maximum absolute atomic E-state index is 6.25. The van der Waals surface area contributed by atoms with Crippen molar-refractivity contribution in [3.05, 3.63) is 53.3 Å². The molecule has 0 aliphatic heterocycles. The molecule has 1 unspecified atom stereocenters. The fourth-order valence-corrected chi connectivity index (χ4v) is 3.18. The van der Waals surface area contributed by atoms with Crippen LogP contribution in [0.1, 0.15) is 16.8 Å². The number of nitrogens with two attached hydrogens (primary N) is 1. The molecule has 0 saturated heterocycles. The van der Waals surface area contributed by atoms with Crippen LogP contribution >= 0.6 is 11.8 Å². The van der Waals surface area contributed by atoms with Gasteiger partial charge in [0, 0.05) is 46.1 Å². The number of thioether (sulfide) groups is 1. The Morgan fingerprint density at radius 1 is 1.24 bits per heavy atom. The van der Waals surface area contributed by atoms with E-state index in [-0.39, 0.29) is 6.04 Å². The molecule has 1 aromatic heterocycles. The van der Waals surface area contributed by atoms with E-state index in [1.807, 2.05) is 38.2 Å². The number of aryl methyl sites for hydroxylation is 1. The third-order valence-electron chi connectivity index (χ3n) is 3.41. The molecule has 1 atom stereocenters. The van der Waals surface area contributed by atoms with Gasteiger partial charge in [-0.25, -0.2) is 0 Å². The lowest BCUT2D eigenvalue weighted by Crippen LogP contribution is -2.26. The summed E-state index contributed by atoms with van der Waals surface area (Å²) in [6.07, 6.45) is 2.63. The fraction of sp³-hybridized carbons (Fsp3) is 0.353. The average molecular weight is 302 g/mol. The topological polar surface area (TPSA) is 48.1 Å². The number of methoxy groups -OCH3 is 1. The summed E-state index contributed by atoms with van der Waals surface area (Å²) in [5.74, 6) is 1.80. The monoisotopic (exact) mass is 302 g/mol. The molecular formula is C17H22N2OS. The van der Waals surface area contributed by atoms with Crippen molar-refractivity contribution in [3.8, 4) is 5.75 Å². The molecule has 1 aromatic carbocycles. The van der Waals surface area contributed by atoms with E-state index in [4.69, 9.17) is 10.5 Å². The zero-order chi connectivity index (χ0) is 15.2. The molecule has 1 heterocycles. The van der Waals surface area contributed by atoms with Crippen molar-refractivity contribution in [3.63, 3.8) is 0 Å². The first-order valence-electron chi connectivity index (χ1n) is 7.04. The van der Waals surface area contributed by atoms with E-state index in [2.05, 4.69) is 17.1 Å². The van der Waals surface area contributed by atoms with Gasteiger partial charge in [0.2, 0.25) is 0 Å². The minimum atomic E-state index is 0.0776. The Balaban J connectivity index is 1.98. The van der Waals surface area contributed by atoms with Crippen LogP contribution < -0.4 is 10.5 Å². The van der Waals surface area contributed by atoms with Crippen LogP contribution in [-0.4, -0.2) is 23.9 Å². The van der Waals surface area contributed by atoms with Gasteiger partial charge in [0.05, 0.1) is 7.11 Å². The zero-order valence-electron chi connectivity index (χ0n) is 12.8. The highest BCUT2D eigenvalue weighted by atomic mass is 32.2. The molecule has 0 fully saturated rings. The van der Waals surface area contributed by atoms with Crippen LogP contribution in [0.25, 0.3) is 0 Å². The van der Waals surface area contributed by atoms with Gasteiger partial charge >= 0.3 is 0 Å². The fourth-order valence-electron chi connectivity index (χ4n) is 2.30. The van der Waals surface area contributed by atoms with Crippen molar-refractivity contribution < 1.29 is 4.74 Å². The molecule has 0 amide bonds. The Morgan fingerprint density at radius 3 is 2.62 bits per heavy atom. The Kier molecular flexibility index (Phi) is 5.65. The van der Waals surface area contributed by atoms with Gasteiger partial charge in [-0.3, -0.25) is 4.98 Å². The SMILES string of the molecule is COc1c(C)cnc(CC(N)CSc2ccccc2)c1C. The molecule has 0 spiro atoms. The number of ether oxygens (including phenoxy) is 1. The average Bonchev–Trinajstić information content (AvgIpc) is 2.50. The van der Waals surface area contributed by atoms with E-state index in [0.29, 0.717) is 0 Å². The first kappa shape index (κ1) is 15.9. The Hall–Kier alpha value is -1.52. The van der Waals surface area contributed by atoms with Gasteiger partial charge in [0.25, 0.3) is 0 Å². The summed E-state index contributed by atoms with van der Waals surface area (Å²) in [5.41, 5.74) is 9.43. The van der Waals surface area contributed by atoms with Gasteiger partial charge in [-0.2, -0.15) is 0 Å². The Bertz CT molecular complexity index is 587. The van der Waals surface area contributed by atoms with Crippen molar-refractivity contribution in [2.75, 3.05) is 12.9 Å². The van der Waals surface area contributed by atoms with E-state index in [0.717, 1.165) is 34.7 Å². The molecule has 3 nitrogen and oxygen atoms in total. The van der Waals surface area contributed by atoms with Crippen LogP contribution in [0.4, 0.5) is 0 Å².